The van der Waals surface area contributed by atoms with Crippen LogP contribution in [0.25, 0.3) is 0 Å². The minimum atomic E-state index is -0.718. The van der Waals surface area contributed by atoms with Crippen molar-refractivity contribution >= 4 is 11.4 Å². The summed E-state index contributed by atoms with van der Waals surface area (Å²) in [6.07, 6.45) is 0. The van der Waals surface area contributed by atoms with E-state index in [4.69, 9.17) is 20.9 Å². The van der Waals surface area contributed by atoms with Crippen molar-refractivity contribution in [3.8, 4) is 0 Å². The average Bonchev–Trinajstić information content (AvgIpc) is 2.46. The van der Waals surface area contributed by atoms with Crippen LogP contribution in [-0.2, 0) is 22.7 Å². The summed E-state index contributed by atoms with van der Waals surface area (Å²) in [4.78, 5) is 0. The molecule has 0 saturated carbocycles. The molecule has 0 saturated heterocycles. The van der Waals surface area contributed by atoms with E-state index in [-0.39, 0.29) is 0 Å². The maximum atomic E-state index is 5.90. The van der Waals surface area contributed by atoms with Crippen LogP contribution < -0.4 is 11.5 Å². The Balaban J connectivity index is 1.90. The molecule has 0 fully saturated rings. The monoisotopic (exact) mass is 286 g/mol. The van der Waals surface area contributed by atoms with Crippen LogP contribution in [0.15, 0.2) is 48.5 Å². The number of ether oxygens (including phenoxy) is 2. The van der Waals surface area contributed by atoms with Crippen molar-refractivity contribution in [1.82, 2.24) is 0 Å². The predicted octanol–water partition coefficient (Wildman–Crippen LogP) is 3.32. The molecule has 0 radical (unpaired) electrons. The summed E-state index contributed by atoms with van der Waals surface area (Å²) in [6, 6.07) is 15.3. The predicted molar refractivity (Wildman–Crippen MR) is 85.4 cm³/mol. The number of benzene rings is 2. The van der Waals surface area contributed by atoms with Crippen LogP contribution in [0.2, 0.25) is 0 Å². The highest BCUT2D eigenvalue weighted by Gasteiger charge is 2.20. The second-order valence-corrected chi connectivity index (χ2v) is 5.37. The Morgan fingerprint density at radius 3 is 1.52 bits per heavy atom. The lowest BCUT2D eigenvalue weighted by Gasteiger charge is -2.26. The SMILES string of the molecule is CC(C)(OCc1ccccc1N)OCc1ccccc1N. The van der Waals surface area contributed by atoms with Gasteiger partial charge in [0.15, 0.2) is 5.79 Å². The molecule has 2 aromatic rings. The number of rotatable bonds is 6. The van der Waals surface area contributed by atoms with Crippen molar-refractivity contribution in [2.45, 2.75) is 32.8 Å². The van der Waals surface area contributed by atoms with Crippen LogP contribution in [-0.4, -0.2) is 5.79 Å². The molecule has 0 unspecified atom stereocenters. The summed E-state index contributed by atoms with van der Waals surface area (Å²) in [5, 5.41) is 0. The van der Waals surface area contributed by atoms with Gasteiger partial charge in [-0.05, 0) is 26.0 Å². The number of para-hydroxylation sites is 2. The third kappa shape index (κ3) is 4.48. The van der Waals surface area contributed by atoms with E-state index in [1.807, 2.05) is 62.4 Å². The van der Waals surface area contributed by atoms with Gasteiger partial charge in [0.05, 0.1) is 13.2 Å². The normalized spacial score (nSPS) is 11.5. The zero-order valence-corrected chi connectivity index (χ0v) is 12.5. The van der Waals surface area contributed by atoms with Crippen molar-refractivity contribution in [2.75, 3.05) is 11.5 Å². The Kier molecular flexibility index (Phi) is 4.83. The summed E-state index contributed by atoms with van der Waals surface area (Å²) in [6.45, 7) is 4.57. The summed E-state index contributed by atoms with van der Waals surface area (Å²) in [5.74, 6) is -0.718. The summed E-state index contributed by atoms with van der Waals surface area (Å²) in [7, 11) is 0. The van der Waals surface area contributed by atoms with Gasteiger partial charge in [-0.3, -0.25) is 0 Å². The molecular weight excluding hydrogens is 264 g/mol. The van der Waals surface area contributed by atoms with Crippen molar-refractivity contribution in [2.24, 2.45) is 0 Å². The largest absolute Gasteiger partial charge is 0.398 e. The average molecular weight is 286 g/mol. The molecule has 0 bridgehead atoms. The quantitative estimate of drug-likeness (QED) is 0.631. The van der Waals surface area contributed by atoms with E-state index in [2.05, 4.69) is 0 Å². The number of hydrogen-bond donors (Lipinski definition) is 2. The van der Waals surface area contributed by atoms with Gasteiger partial charge in [0.1, 0.15) is 0 Å². The molecule has 2 rings (SSSR count). The van der Waals surface area contributed by atoms with Gasteiger partial charge in [0, 0.05) is 22.5 Å². The van der Waals surface area contributed by atoms with Gasteiger partial charge >= 0.3 is 0 Å². The lowest BCUT2D eigenvalue weighted by molar-refractivity contribution is -0.226. The fourth-order valence-corrected chi connectivity index (χ4v) is 1.88. The molecule has 0 aliphatic carbocycles. The molecule has 112 valence electrons. The fourth-order valence-electron chi connectivity index (χ4n) is 1.88. The topological polar surface area (TPSA) is 70.5 Å². The first-order valence-electron chi connectivity index (χ1n) is 6.92. The highest BCUT2D eigenvalue weighted by atomic mass is 16.7. The van der Waals surface area contributed by atoms with E-state index in [1.165, 1.54) is 0 Å². The van der Waals surface area contributed by atoms with E-state index < -0.39 is 5.79 Å². The Morgan fingerprint density at radius 2 is 1.14 bits per heavy atom. The summed E-state index contributed by atoms with van der Waals surface area (Å²) < 4.78 is 11.6. The lowest BCUT2D eigenvalue weighted by atomic mass is 10.2. The van der Waals surface area contributed by atoms with Gasteiger partial charge in [0.2, 0.25) is 0 Å². The Hall–Kier alpha value is -2.04. The third-order valence-corrected chi connectivity index (χ3v) is 3.26. The van der Waals surface area contributed by atoms with Gasteiger partial charge in [-0.2, -0.15) is 0 Å². The minimum absolute atomic E-state index is 0.407. The highest BCUT2D eigenvalue weighted by Crippen LogP contribution is 2.21. The Labute approximate surface area is 125 Å². The second kappa shape index (κ2) is 6.61. The van der Waals surface area contributed by atoms with Crippen LogP contribution >= 0.6 is 0 Å². The molecule has 0 atom stereocenters. The molecule has 0 aromatic heterocycles. The molecule has 2 aromatic carbocycles. The van der Waals surface area contributed by atoms with Crippen molar-refractivity contribution in [3.05, 3.63) is 59.7 Å². The molecule has 0 amide bonds. The summed E-state index contributed by atoms with van der Waals surface area (Å²) in [5.41, 5.74) is 15.1. The van der Waals surface area contributed by atoms with Crippen molar-refractivity contribution in [3.63, 3.8) is 0 Å². The van der Waals surface area contributed by atoms with Crippen LogP contribution in [0.4, 0.5) is 11.4 Å². The first-order valence-corrected chi connectivity index (χ1v) is 6.92. The molecule has 21 heavy (non-hydrogen) atoms. The number of nitrogen functional groups attached to an aromatic ring is 2. The molecule has 0 aliphatic rings. The van der Waals surface area contributed by atoms with E-state index in [0.717, 1.165) is 22.5 Å². The molecule has 0 spiro atoms. The standard InChI is InChI=1S/C17H22N2O2/c1-17(2,20-11-13-7-3-5-9-15(13)18)21-12-14-8-4-6-10-16(14)19/h3-10H,11-12,18-19H2,1-2H3. The van der Waals surface area contributed by atoms with Gasteiger partial charge in [-0.15, -0.1) is 0 Å². The molecule has 0 heterocycles. The maximum Gasteiger partial charge on any atom is 0.163 e. The van der Waals surface area contributed by atoms with Crippen molar-refractivity contribution < 1.29 is 9.47 Å². The highest BCUT2D eigenvalue weighted by molar-refractivity contribution is 5.46. The van der Waals surface area contributed by atoms with Crippen molar-refractivity contribution in [1.29, 1.82) is 0 Å². The molecule has 4 N–H and O–H groups in total. The Bertz CT molecular complexity index is 545. The number of hydrogen-bond acceptors (Lipinski definition) is 4. The van der Waals surface area contributed by atoms with Crippen LogP contribution in [0, 0.1) is 0 Å². The molecule has 0 aliphatic heterocycles. The van der Waals surface area contributed by atoms with E-state index in [0.29, 0.717) is 13.2 Å². The minimum Gasteiger partial charge on any atom is -0.398 e. The Morgan fingerprint density at radius 1 is 0.762 bits per heavy atom. The molecular formula is C17H22N2O2. The van der Waals surface area contributed by atoms with E-state index in [9.17, 15) is 0 Å². The summed E-state index contributed by atoms with van der Waals surface area (Å²) >= 11 is 0. The zero-order chi connectivity index (χ0) is 15.3. The lowest BCUT2D eigenvalue weighted by Crippen LogP contribution is -2.28. The second-order valence-electron chi connectivity index (χ2n) is 5.37. The van der Waals surface area contributed by atoms with Crippen LogP contribution in [0.1, 0.15) is 25.0 Å². The molecule has 4 heteroatoms. The van der Waals surface area contributed by atoms with E-state index >= 15 is 0 Å². The van der Waals surface area contributed by atoms with Crippen LogP contribution in [0.5, 0.6) is 0 Å². The number of anilines is 2. The van der Waals surface area contributed by atoms with Gasteiger partial charge in [-0.25, -0.2) is 0 Å². The number of nitrogens with two attached hydrogens (primary N) is 2. The first kappa shape index (κ1) is 15.4. The van der Waals surface area contributed by atoms with Gasteiger partial charge in [0.25, 0.3) is 0 Å². The smallest absolute Gasteiger partial charge is 0.163 e. The maximum absolute atomic E-state index is 5.90. The van der Waals surface area contributed by atoms with E-state index in [1.54, 1.807) is 0 Å². The first-order chi connectivity index (χ1) is 9.98. The van der Waals surface area contributed by atoms with Gasteiger partial charge < -0.3 is 20.9 Å². The van der Waals surface area contributed by atoms with Gasteiger partial charge in [-0.1, -0.05) is 36.4 Å². The fraction of sp³-hybridized carbons (Fsp3) is 0.294. The van der Waals surface area contributed by atoms with Crippen LogP contribution in [0.3, 0.4) is 0 Å². The molecule has 4 nitrogen and oxygen atoms in total. The zero-order valence-electron chi connectivity index (χ0n) is 12.5. The third-order valence-electron chi connectivity index (χ3n) is 3.26.